The van der Waals surface area contributed by atoms with Crippen LogP contribution in [0.5, 0.6) is 0 Å². The van der Waals surface area contributed by atoms with Crippen LogP contribution in [0.2, 0.25) is 0 Å². The first-order valence-corrected chi connectivity index (χ1v) is 5.27. The van der Waals surface area contributed by atoms with E-state index in [-0.39, 0.29) is 5.89 Å². The fourth-order valence-corrected chi connectivity index (χ4v) is 1.70. The fraction of sp³-hybridized carbons (Fsp3) is 0.222. The van der Waals surface area contributed by atoms with Crippen LogP contribution < -0.4 is 0 Å². The number of aromatic nitrogens is 2. The molecular weight excluding hydrogens is 238 g/mol. The van der Waals surface area contributed by atoms with Crippen LogP contribution in [0, 0.1) is 0 Å². The van der Waals surface area contributed by atoms with E-state index in [2.05, 4.69) is 10.1 Å². The summed E-state index contributed by atoms with van der Waals surface area (Å²) in [5, 5.41) is 7.22. The highest BCUT2D eigenvalue weighted by atomic mass is 32.1. The lowest BCUT2D eigenvalue weighted by atomic mass is 10.3. The number of rotatable bonds is 4. The Bertz CT molecular complexity index is 481. The predicted octanol–water partition coefficient (Wildman–Crippen LogP) is 2.17. The van der Waals surface area contributed by atoms with Gasteiger partial charge in [-0.1, -0.05) is 5.16 Å². The van der Waals surface area contributed by atoms with Crippen molar-refractivity contribution in [3.63, 3.8) is 0 Å². The molecule has 84 valence electrons. The summed E-state index contributed by atoms with van der Waals surface area (Å²) < 4.78 is 28.6. The molecule has 0 bridgehead atoms. The lowest BCUT2D eigenvalue weighted by molar-refractivity contribution is -0.129. The Morgan fingerprint density at radius 2 is 2.38 bits per heavy atom. The Labute approximate surface area is 92.9 Å². The van der Waals surface area contributed by atoms with E-state index in [4.69, 9.17) is 4.52 Å². The predicted molar refractivity (Wildman–Crippen MR) is 52.3 cm³/mol. The molecule has 0 unspecified atom stereocenters. The Balaban J connectivity index is 2.11. The molecule has 0 amide bonds. The van der Waals surface area contributed by atoms with Crippen molar-refractivity contribution in [3.8, 4) is 11.4 Å². The lowest BCUT2D eigenvalue weighted by Crippen LogP contribution is -2.12. The zero-order valence-electron chi connectivity index (χ0n) is 7.89. The van der Waals surface area contributed by atoms with Crippen molar-refractivity contribution in [2.24, 2.45) is 0 Å². The standard InChI is InChI=1S/C9H6F2N2O2S/c10-8(11)6(14)3-7-12-9(13-15-7)5-1-2-16-4-5/h1-2,4,8H,3H2. The van der Waals surface area contributed by atoms with Gasteiger partial charge in [0.2, 0.25) is 17.5 Å². The molecule has 0 spiro atoms. The van der Waals surface area contributed by atoms with Crippen molar-refractivity contribution in [2.45, 2.75) is 12.8 Å². The lowest BCUT2D eigenvalue weighted by Gasteiger charge is -1.92. The molecule has 2 aromatic heterocycles. The van der Waals surface area contributed by atoms with Crippen molar-refractivity contribution in [3.05, 3.63) is 22.7 Å². The second-order valence-corrected chi connectivity index (χ2v) is 3.75. The summed E-state index contributed by atoms with van der Waals surface area (Å²) in [5.41, 5.74) is 0.740. The number of carbonyl (C=O) groups excluding carboxylic acids is 1. The summed E-state index contributed by atoms with van der Waals surface area (Å²) in [6.45, 7) is 0. The average molecular weight is 244 g/mol. The molecule has 16 heavy (non-hydrogen) atoms. The number of hydrogen-bond donors (Lipinski definition) is 0. The average Bonchev–Trinajstić information content (AvgIpc) is 2.85. The quantitative estimate of drug-likeness (QED) is 0.827. The first-order chi connectivity index (χ1) is 7.66. The summed E-state index contributed by atoms with van der Waals surface area (Å²) in [7, 11) is 0. The molecule has 2 rings (SSSR count). The van der Waals surface area contributed by atoms with Crippen molar-refractivity contribution < 1.29 is 18.1 Å². The second kappa shape index (κ2) is 4.48. The Kier molecular flexibility index (Phi) is 3.04. The molecule has 2 heterocycles. The van der Waals surface area contributed by atoms with Gasteiger partial charge in [-0.15, -0.1) is 0 Å². The zero-order valence-corrected chi connectivity index (χ0v) is 8.71. The highest BCUT2D eigenvalue weighted by molar-refractivity contribution is 7.08. The summed E-state index contributed by atoms with van der Waals surface area (Å²) in [5.74, 6) is -1.01. The maximum absolute atomic E-state index is 12.0. The monoisotopic (exact) mass is 244 g/mol. The van der Waals surface area contributed by atoms with E-state index in [9.17, 15) is 13.6 Å². The van der Waals surface area contributed by atoms with Crippen LogP contribution >= 0.6 is 11.3 Å². The molecular formula is C9H6F2N2O2S. The van der Waals surface area contributed by atoms with Gasteiger partial charge in [0.15, 0.2) is 0 Å². The maximum Gasteiger partial charge on any atom is 0.296 e. The maximum atomic E-state index is 12.0. The van der Waals surface area contributed by atoms with E-state index in [1.54, 1.807) is 11.4 Å². The first-order valence-electron chi connectivity index (χ1n) is 4.33. The van der Waals surface area contributed by atoms with Gasteiger partial charge < -0.3 is 4.52 Å². The Morgan fingerprint density at radius 3 is 3.00 bits per heavy atom. The van der Waals surface area contributed by atoms with Gasteiger partial charge in [0.05, 0.1) is 6.42 Å². The van der Waals surface area contributed by atoms with Crippen LogP contribution in [0.3, 0.4) is 0 Å². The van der Waals surface area contributed by atoms with Crippen LogP contribution in [-0.2, 0) is 11.2 Å². The second-order valence-electron chi connectivity index (χ2n) is 2.97. The van der Waals surface area contributed by atoms with Gasteiger partial charge in [-0.3, -0.25) is 4.79 Å². The first kappa shape index (κ1) is 10.9. The number of nitrogens with zero attached hydrogens (tertiary/aromatic N) is 2. The number of halogens is 2. The van der Waals surface area contributed by atoms with Crippen LogP contribution in [-0.4, -0.2) is 22.3 Å². The molecule has 4 nitrogen and oxygen atoms in total. The van der Waals surface area contributed by atoms with Gasteiger partial charge in [-0.2, -0.15) is 16.3 Å². The number of thiophene rings is 1. The van der Waals surface area contributed by atoms with Crippen LogP contribution in [0.1, 0.15) is 5.89 Å². The number of ketones is 1. The molecule has 0 aliphatic rings. The number of carbonyl (C=O) groups is 1. The topological polar surface area (TPSA) is 56.0 Å². The van der Waals surface area contributed by atoms with E-state index < -0.39 is 18.6 Å². The SMILES string of the molecule is O=C(Cc1nc(-c2ccsc2)no1)C(F)F. The fourth-order valence-electron chi connectivity index (χ4n) is 1.06. The molecule has 0 aliphatic carbocycles. The smallest absolute Gasteiger partial charge is 0.296 e. The molecule has 7 heteroatoms. The van der Waals surface area contributed by atoms with Gasteiger partial charge in [0, 0.05) is 10.9 Å². The van der Waals surface area contributed by atoms with Crippen molar-refractivity contribution in [1.29, 1.82) is 0 Å². The summed E-state index contributed by atoms with van der Waals surface area (Å²) in [6.07, 6.45) is -3.54. The minimum Gasteiger partial charge on any atom is -0.338 e. The van der Waals surface area contributed by atoms with E-state index in [1.807, 2.05) is 5.38 Å². The van der Waals surface area contributed by atoms with Gasteiger partial charge >= 0.3 is 0 Å². The third kappa shape index (κ3) is 2.30. The minimum absolute atomic E-state index is 0.0912. The Morgan fingerprint density at radius 1 is 1.56 bits per heavy atom. The molecule has 2 aromatic rings. The summed E-state index contributed by atoms with van der Waals surface area (Å²) in [6, 6.07) is 1.77. The van der Waals surface area contributed by atoms with E-state index in [0.29, 0.717) is 5.82 Å². The van der Waals surface area contributed by atoms with Crippen molar-refractivity contribution >= 4 is 17.1 Å². The third-order valence-electron chi connectivity index (χ3n) is 1.82. The van der Waals surface area contributed by atoms with Gasteiger partial charge in [0.1, 0.15) is 0 Å². The summed E-state index contributed by atoms with van der Waals surface area (Å²) in [4.78, 5) is 14.6. The molecule has 0 aliphatic heterocycles. The minimum atomic E-state index is -3.00. The van der Waals surface area contributed by atoms with E-state index >= 15 is 0 Å². The van der Waals surface area contributed by atoms with Gasteiger partial charge in [-0.25, -0.2) is 8.78 Å². The van der Waals surface area contributed by atoms with E-state index in [1.165, 1.54) is 11.3 Å². The molecule has 0 atom stereocenters. The number of Topliss-reactive ketones (excluding diaryl/α,β-unsaturated/α-hetero) is 1. The third-order valence-corrected chi connectivity index (χ3v) is 2.50. The largest absolute Gasteiger partial charge is 0.338 e. The van der Waals surface area contributed by atoms with Gasteiger partial charge in [-0.05, 0) is 11.4 Å². The number of hydrogen-bond acceptors (Lipinski definition) is 5. The van der Waals surface area contributed by atoms with Crippen LogP contribution in [0.15, 0.2) is 21.3 Å². The number of alkyl halides is 2. The Hall–Kier alpha value is -1.63. The molecule has 0 fully saturated rings. The molecule has 0 radical (unpaired) electrons. The molecule has 0 saturated heterocycles. The normalized spacial score (nSPS) is 10.9. The highest BCUT2D eigenvalue weighted by Gasteiger charge is 2.19. The van der Waals surface area contributed by atoms with Crippen LogP contribution in [0.4, 0.5) is 8.78 Å². The molecule has 0 saturated carbocycles. The zero-order chi connectivity index (χ0) is 11.5. The molecule has 0 aromatic carbocycles. The van der Waals surface area contributed by atoms with Crippen molar-refractivity contribution in [1.82, 2.24) is 10.1 Å². The highest BCUT2D eigenvalue weighted by Crippen LogP contribution is 2.18. The summed E-state index contributed by atoms with van der Waals surface area (Å²) >= 11 is 1.45. The van der Waals surface area contributed by atoms with Gasteiger partial charge in [0.25, 0.3) is 6.43 Å². The van der Waals surface area contributed by atoms with Crippen LogP contribution in [0.25, 0.3) is 11.4 Å². The van der Waals surface area contributed by atoms with E-state index in [0.717, 1.165) is 5.56 Å². The molecule has 0 N–H and O–H groups in total. The van der Waals surface area contributed by atoms with Crippen molar-refractivity contribution in [2.75, 3.05) is 0 Å².